The van der Waals surface area contributed by atoms with E-state index in [-0.39, 0.29) is 22.9 Å². The van der Waals surface area contributed by atoms with Crippen LogP contribution < -0.4 is 5.56 Å². The van der Waals surface area contributed by atoms with Crippen molar-refractivity contribution in [2.45, 2.75) is 37.0 Å². The predicted molar refractivity (Wildman–Crippen MR) is 97.4 cm³/mol. The molecule has 0 spiro atoms. The summed E-state index contributed by atoms with van der Waals surface area (Å²) in [5.41, 5.74) is -0.132. The Bertz CT molecular complexity index is 996. The van der Waals surface area contributed by atoms with Crippen molar-refractivity contribution in [1.29, 1.82) is 0 Å². The second kappa shape index (κ2) is 7.15. The summed E-state index contributed by atoms with van der Waals surface area (Å²) >= 11 is 1.14. The van der Waals surface area contributed by atoms with Crippen molar-refractivity contribution in [3.63, 3.8) is 0 Å². The molecule has 0 amide bonds. The Hall–Kier alpha value is -2.28. The summed E-state index contributed by atoms with van der Waals surface area (Å²) in [5, 5.41) is 0.918. The van der Waals surface area contributed by atoms with Crippen LogP contribution in [0.4, 0.5) is 13.2 Å². The van der Waals surface area contributed by atoms with Gasteiger partial charge in [-0.2, -0.15) is 13.2 Å². The fourth-order valence-corrected chi connectivity index (χ4v) is 3.88. The van der Waals surface area contributed by atoms with Crippen LogP contribution in [0.15, 0.2) is 58.5 Å². The summed E-state index contributed by atoms with van der Waals surface area (Å²) in [6.45, 7) is 3.71. The third-order valence-electron chi connectivity index (χ3n) is 3.97. The zero-order valence-electron chi connectivity index (χ0n) is 14.2. The van der Waals surface area contributed by atoms with Crippen LogP contribution in [-0.4, -0.2) is 9.55 Å². The molecule has 0 fully saturated rings. The largest absolute Gasteiger partial charge is 0.416 e. The van der Waals surface area contributed by atoms with Crippen molar-refractivity contribution in [3.05, 3.63) is 70.0 Å². The first-order valence-electron chi connectivity index (χ1n) is 8.08. The first kappa shape index (κ1) is 18.5. The average molecular weight is 378 g/mol. The molecule has 0 aliphatic heterocycles. The van der Waals surface area contributed by atoms with E-state index in [2.05, 4.69) is 4.98 Å². The number of fused-ring (bicyclic) bond motifs is 1. The van der Waals surface area contributed by atoms with Gasteiger partial charge in [-0.25, -0.2) is 4.98 Å². The molecule has 0 bridgehead atoms. The molecule has 0 unspecified atom stereocenters. The highest BCUT2D eigenvalue weighted by Gasteiger charge is 2.32. The smallest absolute Gasteiger partial charge is 0.285 e. The summed E-state index contributed by atoms with van der Waals surface area (Å²) in [6, 6.07) is 12.3. The lowest BCUT2D eigenvalue weighted by molar-refractivity contribution is -0.138. The number of para-hydroxylation sites is 1. The molecule has 26 heavy (non-hydrogen) atoms. The van der Waals surface area contributed by atoms with E-state index in [1.807, 2.05) is 13.8 Å². The maximum atomic E-state index is 13.2. The van der Waals surface area contributed by atoms with Gasteiger partial charge in [-0.3, -0.25) is 9.36 Å². The van der Waals surface area contributed by atoms with Gasteiger partial charge in [0.1, 0.15) is 0 Å². The van der Waals surface area contributed by atoms with Crippen molar-refractivity contribution in [3.8, 4) is 0 Å². The van der Waals surface area contributed by atoms with Crippen LogP contribution >= 0.6 is 11.8 Å². The van der Waals surface area contributed by atoms with E-state index in [0.717, 1.165) is 17.8 Å². The van der Waals surface area contributed by atoms with Gasteiger partial charge in [-0.15, -0.1) is 0 Å². The van der Waals surface area contributed by atoms with E-state index in [9.17, 15) is 18.0 Å². The first-order chi connectivity index (χ1) is 12.3. The molecular formula is C19H17F3N2OS. The number of benzene rings is 2. The van der Waals surface area contributed by atoms with Crippen LogP contribution in [0.25, 0.3) is 10.9 Å². The molecule has 0 N–H and O–H groups in total. The van der Waals surface area contributed by atoms with Gasteiger partial charge in [-0.1, -0.05) is 42.1 Å². The van der Waals surface area contributed by atoms with Gasteiger partial charge in [0.15, 0.2) is 5.16 Å². The van der Waals surface area contributed by atoms with E-state index >= 15 is 0 Å². The standard InChI is InChI=1S/C19H17F3N2OS/c1-12(2)24-17(25)14-8-4-6-10-16(14)23-18(24)26-11-13-7-3-5-9-15(13)19(20,21)22/h3-10,12H,11H2,1-2H3. The molecule has 2 aromatic carbocycles. The number of thioether (sulfide) groups is 1. The zero-order chi connectivity index (χ0) is 18.9. The number of hydrogen-bond acceptors (Lipinski definition) is 3. The SMILES string of the molecule is CC(C)n1c(SCc2ccccc2C(F)(F)F)nc2ccccc2c1=O. The molecule has 0 radical (unpaired) electrons. The highest BCUT2D eigenvalue weighted by atomic mass is 32.2. The maximum absolute atomic E-state index is 13.2. The molecular weight excluding hydrogens is 361 g/mol. The molecule has 0 saturated carbocycles. The van der Waals surface area contributed by atoms with Gasteiger partial charge in [-0.05, 0) is 37.6 Å². The Morgan fingerprint density at radius 3 is 2.42 bits per heavy atom. The summed E-state index contributed by atoms with van der Waals surface area (Å²) < 4.78 is 41.1. The lowest BCUT2D eigenvalue weighted by atomic mass is 10.1. The number of rotatable bonds is 4. The summed E-state index contributed by atoms with van der Waals surface area (Å²) in [5.74, 6) is 0.0766. The topological polar surface area (TPSA) is 34.9 Å². The molecule has 7 heteroatoms. The number of aromatic nitrogens is 2. The molecule has 1 heterocycles. The van der Waals surface area contributed by atoms with Crippen molar-refractivity contribution in [1.82, 2.24) is 9.55 Å². The van der Waals surface area contributed by atoms with Crippen molar-refractivity contribution in [2.75, 3.05) is 0 Å². The maximum Gasteiger partial charge on any atom is 0.416 e. The van der Waals surface area contributed by atoms with Crippen LogP contribution in [0, 0.1) is 0 Å². The highest BCUT2D eigenvalue weighted by Crippen LogP contribution is 2.34. The van der Waals surface area contributed by atoms with Gasteiger partial charge in [0.2, 0.25) is 0 Å². The monoisotopic (exact) mass is 378 g/mol. The minimum absolute atomic E-state index is 0.0766. The summed E-state index contributed by atoms with van der Waals surface area (Å²) in [7, 11) is 0. The lowest BCUT2D eigenvalue weighted by Crippen LogP contribution is -2.25. The highest BCUT2D eigenvalue weighted by molar-refractivity contribution is 7.98. The lowest BCUT2D eigenvalue weighted by Gasteiger charge is -2.17. The summed E-state index contributed by atoms with van der Waals surface area (Å²) in [4.78, 5) is 17.3. The van der Waals surface area contributed by atoms with Crippen LogP contribution in [0.3, 0.4) is 0 Å². The van der Waals surface area contributed by atoms with Crippen LogP contribution in [-0.2, 0) is 11.9 Å². The normalized spacial score (nSPS) is 12.1. The minimum Gasteiger partial charge on any atom is -0.285 e. The Labute approximate surface area is 152 Å². The van der Waals surface area contributed by atoms with Crippen LogP contribution in [0.5, 0.6) is 0 Å². The Morgan fingerprint density at radius 2 is 1.73 bits per heavy atom. The zero-order valence-corrected chi connectivity index (χ0v) is 15.1. The Kier molecular flexibility index (Phi) is 5.09. The average Bonchev–Trinajstić information content (AvgIpc) is 2.59. The third-order valence-corrected chi connectivity index (χ3v) is 4.97. The molecule has 3 rings (SSSR count). The Morgan fingerprint density at radius 1 is 1.08 bits per heavy atom. The van der Waals surface area contributed by atoms with E-state index in [4.69, 9.17) is 0 Å². The van der Waals surface area contributed by atoms with Gasteiger partial charge in [0.05, 0.1) is 16.5 Å². The molecule has 3 nitrogen and oxygen atoms in total. The van der Waals surface area contributed by atoms with Crippen molar-refractivity contribution in [2.24, 2.45) is 0 Å². The van der Waals surface area contributed by atoms with E-state index in [0.29, 0.717) is 16.1 Å². The van der Waals surface area contributed by atoms with E-state index in [1.54, 1.807) is 30.3 Å². The predicted octanol–water partition coefficient (Wildman–Crippen LogP) is 5.29. The fourth-order valence-electron chi connectivity index (χ4n) is 2.75. The van der Waals surface area contributed by atoms with Crippen LogP contribution in [0.2, 0.25) is 0 Å². The molecule has 0 aliphatic carbocycles. The minimum atomic E-state index is -4.41. The van der Waals surface area contributed by atoms with Gasteiger partial charge in [0.25, 0.3) is 5.56 Å². The van der Waals surface area contributed by atoms with E-state index in [1.165, 1.54) is 16.7 Å². The fraction of sp³-hybridized carbons (Fsp3) is 0.263. The van der Waals surface area contributed by atoms with Gasteiger partial charge in [0, 0.05) is 11.8 Å². The molecule has 0 saturated heterocycles. The first-order valence-corrected chi connectivity index (χ1v) is 9.07. The van der Waals surface area contributed by atoms with E-state index < -0.39 is 11.7 Å². The second-order valence-corrected chi connectivity index (χ2v) is 7.07. The van der Waals surface area contributed by atoms with Gasteiger partial charge < -0.3 is 0 Å². The molecule has 0 aliphatic rings. The molecule has 0 atom stereocenters. The van der Waals surface area contributed by atoms with Crippen LogP contribution in [0.1, 0.15) is 31.0 Å². The number of halogens is 3. The Balaban J connectivity index is 2.03. The quantitative estimate of drug-likeness (QED) is 0.457. The summed E-state index contributed by atoms with van der Waals surface area (Å²) in [6.07, 6.45) is -4.41. The number of nitrogens with zero attached hydrogens (tertiary/aromatic N) is 2. The third kappa shape index (κ3) is 3.62. The van der Waals surface area contributed by atoms with Crippen molar-refractivity contribution < 1.29 is 13.2 Å². The molecule has 1 aromatic heterocycles. The molecule has 3 aromatic rings. The second-order valence-electron chi connectivity index (χ2n) is 6.12. The van der Waals surface area contributed by atoms with Crippen molar-refractivity contribution >= 4 is 22.7 Å². The molecule has 136 valence electrons. The number of hydrogen-bond donors (Lipinski definition) is 0. The van der Waals surface area contributed by atoms with Gasteiger partial charge >= 0.3 is 6.18 Å². The number of alkyl halides is 3.